The van der Waals surface area contributed by atoms with Gasteiger partial charge in [0.15, 0.2) is 4.91 Å². The lowest BCUT2D eigenvalue weighted by Crippen LogP contribution is -2.38. The highest BCUT2D eigenvalue weighted by Crippen LogP contribution is 2.39. The minimum Gasteiger partial charge on any atom is -0.497 e. The molecule has 0 amide bonds. The van der Waals surface area contributed by atoms with Gasteiger partial charge in [0.25, 0.3) is 10.0 Å². The number of benzene rings is 2. The van der Waals surface area contributed by atoms with Crippen LogP contribution in [0.3, 0.4) is 0 Å². The molecule has 0 atom stereocenters. The predicted octanol–water partition coefficient (Wildman–Crippen LogP) is 4.38. The zero-order chi connectivity index (χ0) is 21.3. The van der Waals surface area contributed by atoms with Crippen LogP contribution in [-0.2, 0) is 16.6 Å². The Bertz CT molecular complexity index is 1230. The molecule has 4 rings (SSSR count). The van der Waals surface area contributed by atoms with E-state index >= 15 is 0 Å². The maximum absolute atomic E-state index is 13.3. The first-order valence-electron chi connectivity index (χ1n) is 8.90. The summed E-state index contributed by atoms with van der Waals surface area (Å²) < 4.78 is 46.2. The number of anilines is 2. The van der Waals surface area contributed by atoms with Gasteiger partial charge in [0.2, 0.25) is 5.78 Å². The number of methoxy groups -OCH3 is 1. The van der Waals surface area contributed by atoms with Crippen LogP contribution < -0.4 is 14.4 Å². The maximum Gasteiger partial charge on any atom is 0.270 e. The fraction of sp³-hybridized carbons (Fsp3) is 0.0952. The molecule has 2 heterocycles. The summed E-state index contributed by atoms with van der Waals surface area (Å²) in [5.74, 6) is -0.379. The van der Waals surface area contributed by atoms with Crippen LogP contribution in [0.15, 0.2) is 71.1 Å². The van der Waals surface area contributed by atoms with E-state index in [4.69, 9.17) is 4.74 Å². The Labute approximate surface area is 177 Å². The van der Waals surface area contributed by atoms with Crippen molar-refractivity contribution in [3.8, 4) is 5.75 Å². The van der Waals surface area contributed by atoms with Crippen molar-refractivity contribution in [1.29, 1.82) is 0 Å². The Kier molecular flexibility index (Phi) is 5.31. The van der Waals surface area contributed by atoms with Crippen LogP contribution in [0.1, 0.15) is 15.2 Å². The Balaban J connectivity index is 1.72. The highest BCUT2D eigenvalue weighted by atomic mass is 32.2. The summed E-state index contributed by atoms with van der Waals surface area (Å²) in [6.07, 6.45) is 1.20. The van der Waals surface area contributed by atoms with Crippen molar-refractivity contribution in [2.45, 2.75) is 6.54 Å². The zero-order valence-electron chi connectivity index (χ0n) is 15.8. The van der Waals surface area contributed by atoms with E-state index in [9.17, 15) is 17.6 Å². The second-order valence-corrected chi connectivity index (χ2v) is 9.23. The molecule has 0 aliphatic carbocycles. The quantitative estimate of drug-likeness (QED) is 0.591. The summed E-state index contributed by atoms with van der Waals surface area (Å²) in [6.45, 7) is -0.0177. The van der Waals surface area contributed by atoms with Gasteiger partial charge in [-0.3, -0.25) is 9.10 Å². The number of Topliss-reactive ketones (excluding diaryl/α,β-unsaturated/α-hetero) is 1. The fourth-order valence-electron chi connectivity index (χ4n) is 3.07. The number of ether oxygens (including phenoxy) is 1. The molecule has 1 N–H and O–H groups in total. The number of sulfonamides is 1. The number of fused-ring (bicyclic) bond motifs is 1. The van der Waals surface area contributed by atoms with Crippen molar-refractivity contribution in [2.75, 3.05) is 16.7 Å². The summed E-state index contributed by atoms with van der Waals surface area (Å²) in [5.41, 5.74) is 1.51. The molecule has 0 fully saturated rings. The number of thiophene rings is 1. The smallest absolute Gasteiger partial charge is 0.270 e. The molecule has 0 radical (unpaired) electrons. The van der Waals surface area contributed by atoms with E-state index in [0.717, 1.165) is 0 Å². The molecule has 9 heteroatoms. The van der Waals surface area contributed by atoms with E-state index in [0.29, 0.717) is 27.6 Å². The molecule has 0 saturated carbocycles. The van der Waals surface area contributed by atoms with E-state index < -0.39 is 21.6 Å². The average molecular weight is 445 g/mol. The topological polar surface area (TPSA) is 75.7 Å². The van der Waals surface area contributed by atoms with E-state index in [2.05, 4.69) is 5.32 Å². The Morgan fingerprint density at radius 2 is 1.93 bits per heavy atom. The number of carbonyl (C=O) groups is 1. The molecular weight excluding hydrogens is 427 g/mol. The number of nitrogens with one attached hydrogen (secondary N) is 1. The molecule has 1 aromatic heterocycles. The van der Waals surface area contributed by atoms with E-state index in [1.165, 1.54) is 53.2 Å². The Morgan fingerprint density at radius 3 is 2.67 bits per heavy atom. The molecule has 1 aliphatic rings. The molecule has 2 aromatic carbocycles. The van der Waals surface area contributed by atoms with Crippen LogP contribution in [0.5, 0.6) is 5.75 Å². The van der Waals surface area contributed by atoms with E-state index in [-0.39, 0.29) is 11.4 Å². The van der Waals surface area contributed by atoms with Crippen LogP contribution in [0.2, 0.25) is 0 Å². The van der Waals surface area contributed by atoms with Gasteiger partial charge in [-0.2, -0.15) is 0 Å². The van der Waals surface area contributed by atoms with Gasteiger partial charge in [-0.15, -0.1) is 11.3 Å². The fourth-order valence-corrected chi connectivity index (χ4v) is 5.56. The monoisotopic (exact) mass is 444 g/mol. The molecule has 6 nitrogen and oxygen atoms in total. The normalized spacial score (nSPS) is 16.4. The van der Waals surface area contributed by atoms with Gasteiger partial charge in [0.1, 0.15) is 16.4 Å². The van der Waals surface area contributed by atoms with Gasteiger partial charge in [-0.05, 0) is 41.3 Å². The lowest BCUT2D eigenvalue weighted by atomic mass is 10.2. The molecule has 3 aromatic rings. The van der Waals surface area contributed by atoms with Crippen molar-refractivity contribution < 1.29 is 22.3 Å². The highest BCUT2D eigenvalue weighted by molar-refractivity contribution is 7.97. The number of ketones is 1. The van der Waals surface area contributed by atoms with Crippen molar-refractivity contribution >= 4 is 38.5 Å². The average Bonchev–Trinajstić information content (AvgIpc) is 3.22. The lowest BCUT2D eigenvalue weighted by molar-refractivity contribution is 0.104. The SMILES string of the molecule is COc1cccc(NC=C2C(=O)c3sccc3N(Cc3ccc(F)cc3)S2(=O)=O)c1. The second kappa shape index (κ2) is 7.92. The molecule has 154 valence electrons. The number of carbonyl (C=O) groups excluding carboxylic acids is 1. The van der Waals surface area contributed by atoms with E-state index in [1.54, 1.807) is 35.7 Å². The van der Waals surface area contributed by atoms with Gasteiger partial charge >= 0.3 is 0 Å². The standard InChI is InChI=1S/C21H17FN2O4S2/c1-28-17-4-2-3-16(11-17)23-12-19-20(25)21-18(9-10-29-21)24(30(19,26)27)13-14-5-7-15(22)8-6-14/h2-12,23H,13H2,1H3. The second-order valence-electron chi connectivity index (χ2n) is 6.49. The number of nitrogens with zero attached hydrogens (tertiary/aromatic N) is 1. The lowest BCUT2D eigenvalue weighted by Gasteiger charge is -2.29. The zero-order valence-corrected chi connectivity index (χ0v) is 17.5. The number of hydrogen-bond donors (Lipinski definition) is 1. The summed E-state index contributed by atoms with van der Waals surface area (Å²) in [4.78, 5) is 12.9. The third kappa shape index (κ3) is 3.69. The summed E-state index contributed by atoms with van der Waals surface area (Å²) >= 11 is 1.18. The van der Waals surface area contributed by atoms with Crippen molar-refractivity contribution in [2.24, 2.45) is 0 Å². The maximum atomic E-state index is 13.3. The third-order valence-corrected chi connectivity index (χ3v) is 7.26. The van der Waals surface area contributed by atoms with Crippen LogP contribution in [0.4, 0.5) is 15.8 Å². The Morgan fingerprint density at radius 1 is 1.17 bits per heavy atom. The first kappa shape index (κ1) is 20.1. The van der Waals surface area contributed by atoms with Gasteiger partial charge < -0.3 is 10.1 Å². The minimum absolute atomic E-state index is 0.0177. The van der Waals surface area contributed by atoms with E-state index in [1.807, 2.05) is 0 Å². The van der Waals surface area contributed by atoms with Crippen LogP contribution in [-0.4, -0.2) is 21.3 Å². The van der Waals surface area contributed by atoms with Crippen molar-refractivity contribution in [1.82, 2.24) is 0 Å². The summed E-state index contributed by atoms with van der Waals surface area (Å²) in [6, 6.07) is 14.1. The molecule has 0 bridgehead atoms. The molecule has 0 spiro atoms. The molecular formula is C21H17FN2O4S2. The summed E-state index contributed by atoms with van der Waals surface area (Å²) in [7, 11) is -2.60. The van der Waals surface area contributed by atoms with Crippen LogP contribution in [0.25, 0.3) is 0 Å². The van der Waals surface area contributed by atoms with Gasteiger partial charge in [-0.1, -0.05) is 18.2 Å². The van der Waals surface area contributed by atoms with Gasteiger partial charge in [0, 0.05) is 18.0 Å². The minimum atomic E-state index is -4.13. The predicted molar refractivity (Wildman–Crippen MR) is 115 cm³/mol. The van der Waals surface area contributed by atoms with Crippen molar-refractivity contribution in [3.05, 3.63) is 87.3 Å². The van der Waals surface area contributed by atoms with Gasteiger partial charge in [0.05, 0.1) is 19.3 Å². The highest BCUT2D eigenvalue weighted by Gasteiger charge is 2.41. The van der Waals surface area contributed by atoms with Crippen LogP contribution in [0, 0.1) is 5.82 Å². The third-order valence-electron chi connectivity index (χ3n) is 4.59. The Hall–Kier alpha value is -3.17. The number of rotatable bonds is 5. The molecule has 0 unspecified atom stereocenters. The molecule has 30 heavy (non-hydrogen) atoms. The first-order valence-corrected chi connectivity index (χ1v) is 11.2. The molecule has 1 aliphatic heterocycles. The van der Waals surface area contributed by atoms with Crippen molar-refractivity contribution in [3.63, 3.8) is 0 Å². The number of halogens is 1. The largest absolute Gasteiger partial charge is 0.497 e. The first-order chi connectivity index (χ1) is 14.4. The van der Waals surface area contributed by atoms with Gasteiger partial charge in [-0.25, -0.2) is 12.8 Å². The number of hydrogen-bond acceptors (Lipinski definition) is 6. The van der Waals surface area contributed by atoms with Crippen LogP contribution >= 0.6 is 11.3 Å². The summed E-state index contributed by atoms with van der Waals surface area (Å²) in [5, 5.41) is 4.55. The molecule has 0 saturated heterocycles. The number of allylic oxidation sites excluding steroid dienone is 1.